The average Bonchev–Trinajstić information content (AvgIpc) is 3.37. The average molecular weight is 508 g/mol. The van der Waals surface area contributed by atoms with Gasteiger partial charge in [-0.2, -0.15) is 8.78 Å². The van der Waals surface area contributed by atoms with E-state index in [1.165, 1.54) is 25.2 Å². The Balaban J connectivity index is 1.73. The maximum Gasteiger partial charge on any atom is 0.322 e. The molecule has 4 aromatic rings. The van der Waals surface area contributed by atoms with Gasteiger partial charge in [-0.15, -0.1) is 11.3 Å². The summed E-state index contributed by atoms with van der Waals surface area (Å²) in [6.45, 7) is 8.97. The topological polar surface area (TPSA) is 42.1 Å². The zero-order valence-corrected chi connectivity index (χ0v) is 20.4. The normalized spacial score (nSPS) is 11.9. The van der Waals surface area contributed by atoms with Crippen molar-refractivity contribution in [2.45, 2.75) is 46.5 Å². The number of benzene rings is 2. The molecule has 0 aliphatic rings. The quantitative estimate of drug-likeness (QED) is 0.0991. The van der Waals surface area contributed by atoms with Crippen molar-refractivity contribution in [3.63, 3.8) is 0 Å². The van der Waals surface area contributed by atoms with Crippen LogP contribution < -0.4 is 4.74 Å². The maximum atomic E-state index is 14.0. The van der Waals surface area contributed by atoms with Gasteiger partial charge in [0.1, 0.15) is 4.83 Å². The molecule has 0 aliphatic heterocycles. The summed E-state index contributed by atoms with van der Waals surface area (Å²) in [5.41, 5.74) is 3.85. The van der Waals surface area contributed by atoms with Crippen LogP contribution in [0.2, 0.25) is 0 Å². The summed E-state index contributed by atoms with van der Waals surface area (Å²) < 4.78 is 73.2. The zero-order valence-electron chi connectivity index (χ0n) is 19.6. The number of rotatable bonds is 5. The Morgan fingerprint density at radius 1 is 0.914 bits per heavy atom. The lowest BCUT2D eigenvalue weighted by molar-refractivity contribution is -0.140. The Morgan fingerprint density at radius 2 is 1.46 bits per heavy atom. The van der Waals surface area contributed by atoms with Crippen molar-refractivity contribution >= 4 is 27.5 Å². The van der Waals surface area contributed by atoms with Crippen molar-refractivity contribution in [2.75, 3.05) is 0 Å². The standard InChI is InChI=1S/C26H22F5NO2S/c1-6-14-15-10-16(35-24(15)32-22(14)13-8-11(2)7-12(3)9-13)26(4,5)25(33)34-23-20(30)18(28)17(27)19(29)21(23)31/h7-10,32H,6H2,1-5H3. The molecule has 184 valence electrons. The van der Waals surface area contributed by atoms with E-state index in [1.807, 2.05) is 20.8 Å². The Hall–Kier alpha value is -3.20. The minimum absolute atomic E-state index is 0.509. The predicted octanol–water partition coefficient (Wildman–Crippen LogP) is 7.65. The molecule has 9 heteroatoms. The zero-order chi connectivity index (χ0) is 25.8. The van der Waals surface area contributed by atoms with E-state index in [-0.39, 0.29) is 0 Å². The molecule has 0 bridgehead atoms. The van der Waals surface area contributed by atoms with Crippen LogP contribution in [-0.2, 0) is 16.6 Å². The van der Waals surface area contributed by atoms with Crippen molar-refractivity contribution in [1.29, 1.82) is 0 Å². The van der Waals surface area contributed by atoms with Gasteiger partial charge in [0.25, 0.3) is 0 Å². The van der Waals surface area contributed by atoms with E-state index in [9.17, 15) is 26.7 Å². The van der Waals surface area contributed by atoms with Crippen LogP contribution in [0.3, 0.4) is 0 Å². The minimum Gasteiger partial charge on any atom is -0.419 e. The van der Waals surface area contributed by atoms with Gasteiger partial charge in [-0.3, -0.25) is 4.79 Å². The van der Waals surface area contributed by atoms with E-state index in [0.29, 0.717) is 11.3 Å². The van der Waals surface area contributed by atoms with E-state index < -0.39 is 46.2 Å². The number of nitrogens with one attached hydrogen (secondary N) is 1. The van der Waals surface area contributed by atoms with E-state index in [2.05, 4.69) is 23.2 Å². The number of carbonyl (C=O) groups excluding carboxylic acids is 1. The molecule has 1 N–H and O–H groups in total. The predicted molar refractivity (Wildman–Crippen MR) is 125 cm³/mol. The molecule has 0 unspecified atom stereocenters. The van der Waals surface area contributed by atoms with Gasteiger partial charge in [-0.05, 0) is 63.4 Å². The number of ether oxygens (including phenoxy) is 1. The molecule has 0 amide bonds. The van der Waals surface area contributed by atoms with Crippen LogP contribution in [0.1, 0.15) is 42.3 Å². The van der Waals surface area contributed by atoms with E-state index >= 15 is 0 Å². The number of halogens is 5. The number of aryl methyl sites for hydroxylation is 3. The Bertz CT molecular complexity index is 1440. The number of hydrogen-bond acceptors (Lipinski definition) is 3. The molecule has 0 aliphatic carbocycles. The summed E-state index contributed by atoms with van der Waals surface area (Å²) in [7, 11) is 0. The monoisotopic (exact) mass is 507 g/mol. The molecule has 4 rings (SSSR count). The number of thiophene rings is 1. The molecule has 0 radical (unpaired) electrons. The molecule has 2 heterocycles. The van der Waals surface area contributed by atoms with Crippen molar-refractivity contribution in [1.82, 2.24) is 4.98 Å². The fraction of sp³-hybridized carbons (Fsp3) is 0.269. The van der Waals surface area contributed by atoms with Crippen molar-refractivity contribution in [3.05, 3.63) is 74.9 Å². The van der Waals surface area contributed by atoms with Crippen LogP contribution in [0.25, 0.3) is 21.5 Å². The van der Waals surface area contributed by atoms with Crippen molar-refractivity contribution in [2.24, 2.45) is 0 Å². The lowest BCUT2D eigenvalue weighted by Crippen LogP contribution is -2.33. The Morgan fingerprint density at radius 3 is 2.00 bits per heavy atom. The molecule has 0 fully saturated rings. The Labute approximate surface area is 202 Å². The molecule has 0 saturated heterocycles. The first-order chi connectivity index (χ1) is 16.4. The summed E-state index contributed by atoms with van der Waals surface area (Å²) in [5, 5.41) is 0.888. The van der Waals surface area contributed by atoms with E-state index in [0.717, 1.165) is 38.2 Å². The van der Waals surface area contributed by atoms with Crippen LogP contribution in [-0.4, -0.2) is 11.0 Å². The van der Waals surface area contributed by atoms with Crippen LogP contribution >= 0.6 is 11.3 Å². The number of hydrogen-bond donors (Lipinski definition) is 1. The third-order valence-electron chi connectivity index (χ3n) is 5.95. The van der Waals surface area contributed by atoms with E-state index in [1.54, 1.807) is 6.07 Å². The second kappa shape index (κ2) is 8.78. The summed E-state index contributed by atoms with van der Waals surface area (Å²) in [6.07, 6.45) is 0.702. The van der Waals surface area contributed by atoms with Gasteiger partial charge in [0.15, 0.2) is 0 Å². The summed E-state index contributed by atoms with van der Waals surface area (Å²) >= 11 is 1.26. The van der Waals surface area contributed by atoms with Gasteiger partial charge in [-0.25, -0.2) is 13.2 Å². The van der Waals surface area contributed by atoms with Gasteiger partial charge in [-0.1, -0.05) is 24.1 Å². The number of esters is 1. The van der Waals surface area contributed by atoms with Gasteiger partial charge >= 0.3 is 5.97 Å². The highest BCUT2D eigenvalue weighted by atomic mass is 32.1. The molecular formula is C26H22F5NO2S. The lowest BCUT2D eigenvalue weighted by Gasteiger charge is -2.21. The third kappa shape index (κ3) is 4.11. The van der Waals surface area contributed by atoms with Crippen molar-refractivity contribution < 1.29 is 31.5 Å². The number of carbonyl (C=O) groups is 1. The third-order valence-corrected chi connectivity index (χ3v) is 7.33. The molecule has 2 aromatic heterocycles. The first-order valence-corrected chi connectivity index (χ1v) is 11.7. The minimum atomic E-state index is -2.32. The number of fused-ring (bicyclic) bond motifs is 1. The molecule has 0 saturated carbocycles. The molecular weight excluding hydrogens is 485 g/mol. The van der Waals surface area contributed by atoms with Gasteiger partial charge in [0.2, 0.25) is 34.8 Å². The number of aromatic nitrogens is 1. The largest absolute Gasteiger partial charge is 0.419 e. The highest BCUT2D eigenvalue weighted by Gasteiger charge is 2.37. The van der Waals surface area contributed by atoms with Crippen LogP contribution in [0.5, 0.6) is 5.75 Å². The van der Waals surface area contributed by atoms with Crippen LogP contribution in [0, 0.1) is 42.9 Å². The second-order valence-corrected chi connectivity index (χ2v) is 10.0. The smallest absolute Gasteiger partial charge is 0.322 e. The van der Waals surface area contributed by atoms with E-state index in [4.69, 9.17) is 4.74 Å². The Kier molecular flexibility index (Phi) is 6.25. The van der Waals surface area contributed by atoms with Gasteiger partial charge in [0, 0.05) is 10.3 Å². The first kappa shape index (κ1) is 24.9. The maximum absolute atomic E-state index is 14.0. The summed E-state index contributed by atoms with van der Waals surface area (Å²) in [5.74, 6) is -13.9. The molecule has 35 heavy (non-hydrogen) atoms. The number of aromatic amines is 1. The highest BCUT2D eigenvalue weighted by Crippen LogP contribution is 2.41. The molecule has 2 aromatic carbocycles. The SMILES string of the molecule is CCc1c(-c2cc(C)cc(C)c2)[nH]c2sc(C(C)(C)C(=O)Oc3c(F)c(F)c(F)c(F)c3F)cc12. The molecule has 0 atom stereocenters. The summed E-state index contributed by atoms with van der Waals surface area (Å²) in [6, 6.07) is 8.03. The van der Waals surface area contributed by atoms with Crippen LogP contribution in [0.15, 0.2) is 24.3 Å². The number of H-pyrrole nitrogens is 1. The van der Waals surface area contributed by atoms with Gasteiger partial charge < -0.3 is 9.72 Å². The van der Waals surface area contributed by atoms with Gasteiger partial charge in [0.05, 0.1) is 11.1 Å². The van der Waals surface area contributed by atoms with Crippen molar-refractivity contribution in [3.8, 4) is 17.0 Å². The fourth-order valence-electron chi connectivity index (χ4n) is 4.07. The lowest BCUT2D eigenvalue weighted by atomic mass is 9.91. The van der Waals surface area contributed by atoms with Crippen LogP contribution in [0.4, 0.5) is 22.0 Å². The summed E-state index contributed by atoms with van der Waals surface area (Å²) in [4.78, 5) is 17.6. The highest BCUT2D eigenvalue weighted by molar-refractivity contribution is 7.19. The fourth-order valence-corrected chi connectivity index (χ4v) is 5.25. The first-order valence-electron chi connectivity index (χ1n) is 10.8. The molecule has 3 nitrogen and oxygen atoms in total. The second-order valence-electron chi connectivity index (χ2n) is 8.98. The molecule has 0 spiro atoms.